The third-order valence-electron chi connectivity index (χ3n) is 2.82. The summed E-state index contributed by atoms with van der Waals surface area (Å²) in [4.78, 5) is 22.3. The molecule has 0 heterocycles. The summed E-state index contributed by atoms with van der Waals surface area (Å²) < 4.78 is 0. The van der Waals surface area contributed by atoms with Crippen molar-refractivity contribution in [3.05, 3.63) is 0 Å². The zero-order valence-corrected chi connectivity index (χ0v) is 8.12. The van der Waals surface area contributed by atoms with Gasteiger partial charge < -0.3 is 5.11 Å². The van der Waals surface area contributed by atoms with E-state index in [1.807, 2.05) is 13.8 Å². The van der Waals surface area contributed by atoms with Gasteiger partial charge in [-0.3, -0.25) is 9.59 Å². The first kappa shape index (κ1) is 10.2. The van der Waals surface area contributed by atoms with Gasteiger partial charge >= 0.3 is 5.97 Å². The highest BCUT2D eigenvalue weighted by Crippen LogP contribution is 2.30. The van der Waals surface area contributed by atoms with E-state index in [0.717, 1.165) is 12.8 Å². The van der Waals surface area contributed by atoms with Crippen LogP contribution >= 0.6 is 0 Å². The molecule has 0 amide bonds. The van der Waals surface area contributed by atoms with Crippen molar-refractivity contribution in [3.63, 3.8) is 0 Å². The van der Waals surface area contributed by atoms with E-state index in [1.54, 1.807) is 0 Å². The molecule has 0 aromatic carbocycles. The summed E-state index contributed by atoms with van der Waals surface area (Å²) in [6.07, 6.45) is 2.25. The molecule has 0 saturated heterocycles. The summed E-state index contributed by atoms with van der Waals surface area (Å²) in [5.74, 6) is -1.50. The molecule has 1 aliphatic rings. The van der Waals surface area contributed by atoms with Gasteiger partial charge in [0.15, 0.2) is 0 Å². The Bertz CT molecular complexity index is 220. The lowest BCUT2D eigenvalue weighted by atomic mass is 9.75. The van der Waals surface area contributed by atoms with Crippen molar-refractivity contribution in [2.45, 2.75) is 33.1 Å². The van der Waals surface area contributed by atoms with Gasteiger partial charge in [0.1, 0.15) is 11.7 Å². The highest BCUT2D eigenvalue weighted by atomic mass is 16.4. The second-order valence-electron chi connectivity index (χ2n) is 4.07. The fourth-order valence-corrected chi connectivity index (χ4v) is 1.99. The lowest BCUT2D eigenvalue weighted by molar-refractivity contribution is -0.149. The van der Waals surface area contributed by atoms with Gasteiger partial charge in [0.25, 0.3) is 0 Å². The van der Waals surface area contributed by atoms with Crippen molar-refractivity contribution in [2.75, 3.05) is 0 Å². The average Bonchev–Trinajstić information content (AvgIpc) is 2.03. The molecular formula is C10H16O3. The van der Waals surface area contributed by atoms with E-state index in [9.17, 15) is 9.59 Å². The van der Waals surface area contributed by atoms with E-state index in [-0.39, 0.29) is 17.6 Å². The van der Waals surface area contributed by atoms with Crippen LogP contribution in [0.3, 0.4) is 0 Å². The fraction of sp³-hybridized carbons (Fsp3) is 0.800. The standard InChI is InChI=1S/C10H16O3/c1-6(2)7-4-3-5-8(9(7)11)10(12)13/h6-8H,3-5H2,1-2H3,(H,12,13). The van der Waals surface area contributed by atoms with E-state index in [4.69, 9.17) is 5.11 Å². The molecule has 0 aromatic rings. The number of carboxylic acids is 1. The van der Waals surface area contributed by atoms with E-state index in [1.165, 1.54) is 0 Å². The number of carbonyl (C=O) groups excluding carboxylic acids is 1. The molecular weight excluding hydrogens is 168 g/mol. The van der Waals surface area contributed by atoms with E-state index in [2.05, 4.69) is 0 Å². The number of Topliss-reactive ketones (excluding diaryl/α,β-unsaturated/α-hetero) is 1. The number of hydrogen-bond donors (Lipinski definition) is 1. The molecule has 3 nitrogen and oxygen atoms in total. The van der Waals surface area contributed by atoms with Crippen LogP contribution in [0.2, 0.25) is 0 Å². The van der Waals surface area contributed by atoms with Crippen molar-refractivity contribution < 1.29 is 14.7 Å². The Hall–Kier alpha value is -0.860. The summed E-state index contributed by atoms with van der Waals surface area (Å²) in [6, 6.07) is 0. The molecule has 74 valence electrons. The Morgan fingerprint density at radius 1 is 1.46 bits per heavy atom. The summed E-state index contributed by atoms with van der Waals surface area (Å²) in [6.45, 7) is 3.96. The van der Waals surface area contributed by atoms with Gasteiger partial charge in [-0.25, -0.2) is 0 Å². The van der Waals surface area contributed by atoms with Crippen molar-refractivity contribution in [1.82, 2.24) is 0 Å². The molecule has 1 N–H and O–H groups in total. The predicted molar refractivity (Wildman–Crippen MR) is 48.3 cm³/mol. The zero-order valence-electron chi connectivity index (χ0n) is 8.12. The topological polar surface area (TPSA) is 54.4 Å². The first-order chi connectivity index (χ1) is 6.04. The number of carbonyl (C=O) groups is 2. The number of rotatable bonds is 2. The van der Waals surface area contributed by atoms with Crippen molar-refractivity contribution in [3.8, 4) is 0 Å². The van der Waals surface area contributed by atoms with Gasteiger partial charge in [0.2, 0.25) is 0 Å². The van der Waals surface area contributed by atoms with Gasteiger partial charge in [0, 0.05) is 5.92 Å². The van der Waals surface area contributed by atoms with Crippen molar-refractivity contribution >= 4 is 11.8 Å². The number of carboxylic acid groups (broad SMARTS) is 1. The zero-order chi connectivity index (χ0) is 10.0. The predicted octanol–water partition coefficient (Wildman–Crippen LogP) is 1.71. The second kappa shape index (κ2) is 3.90. The number of ketones is 1. The molecule has 0 bridgehead atoms. The number of hydrogen-bond acceptors (Lipinski definition) is 2. The van der Waals surface area contributed by atoms with E-state index < -0.39 is 11.9 Å². The van der Waals surface area contributed by atoms with Crippen LogP contribution in [0.5, 0.6) is 0 Å². The molecule has 1 saturated carbocycles. The minimum atomic E-state index is -0.949. The van der Waals surface area contributed by atoms with Crippen molar-refractivity contribution in [2.24, 2.45) is 17.8 Å². The van der Waals surface area contributed by atoms with Crippen LogP contribution in [0.25, 0.3) is 0 Å². The molecule has 0 radical (unpaired) electrons. The molecule has 1 aliphatic carbocycles. The van der Waals surface area contributed by atoms with Crippen LogP contribution in [0.1, 0.15) is 33.1 Å². The van der Waals surface area contributed by atoms with Gasteiger partial charge in [-0.2, -0.15) is 0 Å². The van der Waals surface area contributed by atoms with Gasteiger partial charge in [0.05, 0.1) is 0 Å². The van der Waals surface area contributed by atoms with Crippen LogP contribution in [0.4, 0.5) is 0 Å². The minimum Gasteiger partial charge on any atom is -0.481 e. The lowest BCUT2D eigenvalue weighted by Crippen LogP contribution is -2.36. The SMILES string of the molecule is CC(C)C1CCCC(C(=O)O)C1=O. The average molecular weight is 184 g/mol. The molecule has 2 atom stereocenters. The maximum atomic E-state index is 11.6. The molecule has 13 heavy (non-hydrogen) atoms. The summed E-state index contributed by atoms with van der Waals surface area (Å²) in [5, 5.41) is 8.79. The Balaban J connectivity index is 2.72. The molecule has 3 heteroatoms. The maximum absolute atomic E-state index is 11.6. The van der Waals surface area contributed by atoms with Crippen molar-refractivity contribution in [1.29, 1.82) is 0 Å². The van der Waals surface area contributed by atoms with E-state index >= 15 is 0 Å². The summed E-state index contributed by atoms with van der Waals surface area (Å²) in [7, 11) is 0. The molecule has 1 fully saturated rings. The smallest absolute Gasteiger partial charge is 0.314 e. The highest BCUT2D eigenvalue weighted by molar-refractivity contribution is 5.99. The first-order valence-electron chi connectivity index (χ1n) is 4.80. The normalized spacial score (nSPS) is 29.3. The van der Waals surface area contributed by atoms with Gasteiger partial charge in [-0.1, -0.05) is 20.3 Å². The molecule has 1 rings (SSSR count). The first-order valence-corrected chi connectivity index (χ1v) is 4.80. The maximum Gasteiger partial charge on any atom is 0.314 e. The Morgan fingerprint density at radius 3 is 2.54 bits per heavy atom. The fourth-order valence-electron chi connectivity index (χ4n) is 1.99. The van der Waals surface area contributed by atoms with Gasteiger partial charge in [-0.15, -0.1) is 0 Å². The third kappa shape index (κ3) is 2.08. The second-order valence-corrected chi connectivity index (χ2v) is 4.07. The quantitative estimate of drug-likeness (QED) is 0.665. The Labute approximate surface area is 78.1 Å². The molecule has 0 aliphatic heterocycles. The number of aliphatic carboxylic acids is 1. The molecule has 0 spiro atoms. The molecule has 0 aromatic heterocycles. The lowest BCUT2D eigenvalue weighted by Gasteiger charge is -2.27. The molecule has 2 unspecified atom stereocenters. The summed E-state index contributed by atoms with van der Waals surface area (Å²) >= 11 is 0. The Kier molecular flexibility index (Phi) is 3.07. The van der Waals surface area contributed by atoms with Crippen LogP contribution in [-0.4, -0.2) is 16.9 Å². The van der Waals surface area contributed by atoms with E-state index in [0.29, 0.717) is 6.42 Å². The monoisotopic (exact) mass is 184 g/mol. The van der Waals surface area contributed by atoms with Gasteiger partial charge in [-0.05, 0) is 18.8 Å². The van der Waals surface area contributed by atoms with Crippen LogP contribution in [0.15, 0.2) is 0 Å². The third-order valence-corrected chi connectivity index (χ3v) is 2.82. The minimum absolute atomic E-state index is 0.0325. The summed E-state index contributed by atoms with van der Waals surface area (Å²) in [5.41, 5.74) is 0. The van der Waals surface area contributed by atoms with Crippen LogP contribution in [0, 0.1) is 17.8 Å². The van der Waals surface area contributed by atoms with Crippen LogP contribution in [-0.2, 0) is 9.59 Å². The highest BCUT2D eigenvalue weighted by Gasteiger charge is 2.36. The van der Waals surface area contributed by atoms with Crippen LogP contribution < -0.4 is 0 Å². The largest absolute Gasteiger partial charge is 0.481 e. The Morgan fingerprint density at radius 2 is 2.08 bits per heavy atom.